The maximum Gasteiger partial charge on any atom is 0.0781 e. The third-order valence-electron chi connectivity index (χ3n) is 2.98. The molecule has 80 valence electrons. The summed E-state index contributed by atoms with van der Waals surface area (Å²) in [7, 11) is 0. The normalized spacial score (nSPS) is 20.3. The highest BCUT2D eigenvalue weighted by molar-refractivity contribution is 7.97. The minimum Gasteiger partial charge on any atom is -0.354 e. The van der Waals surface area contributed by atoms with Gasteiger partial charge >= 0.3 is 0 Å². The molecule has 1 saturated carbocycles. The summed E-state index contributed by atoms with van der Waals surface area (Å²) in [6.07, 6.45) is 2.63. The number of nitrogens with one attached hydrogen (secondary N) is 1. The molecule has 0 spiro atoms. The lowest BCUT2D eigenvalue weighted by atomic mass is 10.2. The first-order valence-corrected chi connectivity index (χ1v) is 6.42. The molecule has 0 amide bonds. The standard InChI is InChI=1S/C11H13ClN2S/c1-7-2-5-9-11(10(7)12)15-13-6-14(9)8-3-4-8/h2,5,8,13H,3-4,6H2,1H3. The van der Waals surface area contributed by atoms with E-state index < -0.39 is 0 Å². The SMILES string of the molecule is Cc1ccc2c(c1Cl)SNCN2C1CC1. The average Bonchev–Trinajstić information content (AvgIpc) is 3.07. The van der Waals surface area contributed by atoms with E-state index in [0.29, 0.717) is 0 Å². The Hall–Kier alpha value is -0.380. The molecule has 0 radical (unpaired) electrons. The smallest absolute Gasteiger partial charge is 0.0781 e. The van der Waals surface area contributed by atoms with Gasteiger partial charge < -0.3 is 4.90 Å². The topological polar surface area (TPSA) is 15.3 Å². The van der Waals surface area contributed by atoms with Crippen molar-refractivity contribution in [2.24, 2.45) is 0 Å². The first-order chi connectivity index (χ1) is 7.27. The molecule has 0 unspecified atom stereocenters. The van der Waals surface area contributed by atoms with Gasteiger partial charge in [-0.3, -0.25) is 0 Å². The second-order valence-electron chi connectivity index (χ2n) is 4.15. The minimum absolute atomic E-state index is 0.732. The summed E-state index contributed by atoms with van der Waals surface area (Å²) in [6, 6.07) is 5.04. The number of hydrogen-bond donors (Lipinski definition) is 1. The van der Waals surface area contributed by atoms with Crippen LogP contribution in [0.25, 0.3) is 0 Å². The summed E-state index contributed by atoms with van der Waals surface area (Å²) in [5.41, 5.74) is 2.46. The van der Waals surface area contributed by atoms with Crippen molar-refractivity contribution in [2.75, 3.05) is 11.6 Å². The number of aryl methyl sites for hydroxylation is 1. The second-order valence-corrected chi connectivity index (χ2v) is 5.43. The molecular formula is C11H13ClN2S. The average molecular weight is 241 g/mol. The van der Waals surface area contributed by atoms with Crippen LogP contribution >= 0.6 is 23.5 Å². The van der Waals surface area contributed by atoms with Crippen molar-refractivity contribution < 1.29 is 0 Å². The second kappa shape index (κ2) is 3.58. The lowest BCUT2D eigenvalue weighted by molar-refractivity contribution is 0.754. The Morgan fingerprint density at radius 1 is 1.47 bits per heavy atom. The minimum atomic E-state index is 0.732. The van der Waals surface area contributed by atoms with Gasteiger partial charge in [0, 0.05) is 6.04 Å². The van der Waals surface area contributed by atoms with Crippen LogP contribution < -0.4 is 9.62 Å². The lowest BCUT2D eigenvalue weighted by Gasteiger charge is -2.32. The molecule has 0 aromatic heterocycles. The number of halogens is 1. The van der Waals surface area contributed by atoms with Gasteiger partial charge in [0.05, 0.1) is 22.3 Å². The molecule has 1 aliphatic carbocycles. The Labute approximate surface area is 99.1 Å². The van der Waals surface area contributed by atoms with Gasteiger partial charge in [-0.25, -0.2) is 4.72 Å². The molecule has 1 aliphatic heterocycles. The summed E-state index contributed by atoms with van der Waals surface area (Å²) in [5.74, 6) is 0. The van der Waals surface area contributed by atoms with Crippen molar-refractivity contribution in [2.45, 2.75) is 30.7 Å². The van der Waals surface area contributed by atoms with Gasteiger partial charge in [-0.2, -0.15) is 0 Å². The maximum atomic E-state index is 6.31. The fourth-order valence-electron chi connectivity index (χ4n) is 1.94. The fraction of sp³-hybridized carbons (Fsp3) is 0.455. The van der Waals surface area contributed by atoms with Gasteiger partial charge in [-0.05, 0) is 43.3 Å². The monoisotopic (exact) mass is 240 g/mol. The predicted octanol–water partition coefficient (Wildman–Crippen LogP) is 3.19. The predicted molar refractivity (Wildman–Crippen MR) is 65.5 cm³/mol. The van der Waals surface area contributed by atoms with Crippen molar-refractivity contribution >= 4 is 29.2 Å². The Bertz CT molecular complexity index is 404. The fourth-order valence-corrected chi connectivity index (χ4v) is 3.10. The number of fused-ring (bicyclic) bond motifs is 1. The van der Waals surface area contributed by atoms with Crippen molar-refractivity contribution in [3.8, 4) is 0 Å². The summed E-state index contributed by atoms with van der Waals surface area (Å²) in [5, 5.41) is 0.898. The first kappa shape index (κ1) is 9.82. The van der Waals surface area contributed by atoms with E-state index in [2.05, 4.69) is 28.7 Å². The molecule has 0 atom stereocenters. The molecule has 1 fully saturated rings. The van der Waals surface area contributed by atoms with Crippen LogP contribution in [0.2, 0.25) is 5.02 Å². The quantitative estimate of drug-likeness (QED) is 0.759. The highest BCUT2D eigenvalue weighted by atomic mass is 35.5. The van der Waals surface area contributed by atoms with Gasteiger partial charge in [-0.15, -0.1) is 0 Å². The molecule has 2 aliphatic rings. The Morgan fingerprint density at radius 2 is 2.27 bits per heavy atom. The third kappa shape index (κ3) is 1.63. The van der Waals surface area contributed by atoms with Crippen LogP contribution in [-0.2, 0) is 0 Å². The summed E-state index contributed by atoms with van der Waals surface area (Å²) in [4.78, 5) is 3.62. The van der Waals surface area contributed by atoms with Crippen LogP contribution in [0.1, 0.15) is 18.4 Å². The molecule has 1 aromatic rings. The van der Waals surface area contributed by atoms with E-state index in [1.807, 2.05) is 0 Å². The number of benzene rings is 1. The molecule has 3 rings (SSSR count). The largest absolute Gasteiger partial charge is 0.354 e. The van der Waals surface area contributed by atoms with Gasteiger partial charge in [0.2, 0.25) is 0 Å². The van der Waals surface area contributed by atoms with Crippen LogP contribution in [0.3, 0.4) is 0 Å². The molecule has 15 heavy (non-hydrogen) atoms. The van der Waals surface area contributed by atoms with Crippen molar-refractivity contribution in [3.05, 3.63) is 22.7 Å². The number of hydrogen-bond acceptors (Lipinski definition) is 3. The zero-order chi connectivity index (χ0) is 10.4. The number of nitrogens with zero attached hydrogens (tertiary/aromatic N) is 1. The van der Waals surface area contributed by atoms with E-state index in [4.69, 9.17) is 11.6 Å². The van der Waals surface area contributed by atoms with Crippen molar-refractivity contribution in [1.29, 1.82) is 0 Å². The molecule has 0 bridgehead atoms. The van der Waals surface area contributed by atoms with E-state index in [-0.39, 0.29) is 0 Å². The molecule has 2 nitrogen and oxygen atoms in total. The van der Waals surface area contributed by atoms with Gasteiger partial charge in [0.25, 0.3) is 0 Å². The molecule has 4 heteroatoms. The van der Waals surface area contributed by atoms with Crippen LogP contribution in [0, 0.1) is 6.92 Å². The van der Waals surface area contributed by atoms with E-state index in [1.165, 1.54) is 23.4 Å². The van der Waals surface area contributed by atoms with Crippen LogP contribution in [0.15, 0.2) is 17.0 Å². The van der Waals surface area contributed by atoms with Gasteiger partial charge in [0.1, 0.15) is 0 Å². The number of rotatable bonds is 1. The molecular weight excluding hydrogens is 228 g/mol. The molecule has 0 saturated heterocycles. The van der Waals surface area contributed by atoms with E-state index in [9.17, 15) is 0 Å². The van der Waals surface area contributed by atoms with E-state index >= 15 is 0 Å². The molecule has 1 heterocycles. The van der Waals surface area contributed by atoms with Crippen molar-refractivity contribution in [3.63, 3.8) is 0 Å². The summed E-state index contributed by atoms with van der Waals surface area (Å²) in [6.45, 7) is 2.99. The third-order valence-corrected chi connectivity index (χ3v) is 4.47. The van der Waals surface area contributed by atoms with Crippen LogP contribution in [0.5, 0.6) is 0 Å². The van der Waals surface area contributed by atoms with Gasteiger partial charge in [-0.1, -0.05) is 17.7 Å². The zero-order valence-corrected chi connectivity index (χ0v) is 10.2. The highest BCUT2D eigenvalue weighted by Gasteiger charge is 2.33. The number of anilines is 1. The Kier molecular flexibility index (Phi) is 2.34. The summed E-state index contributed by atoms with van der Waals surface area (Å²) >= 11 is 7.97. The van der Waals surface area contributed by atoms with Crippen LogP contribution in [0.4, 0.5) is 5.69 Å². The van der Waals surface area contributed by atoms with Gasteiger partial charge in [0.15, 0.2) is 0 Å². The Balaban J connectivity index is 2.07. The molecule has 1 aromatic carbocycles. The van der Waals surface area contributed by atoms with Crippen LogP contribution in [-0.4, -0.2) is 12.7 Å². The van der Waals surface area contributed by atoms with Crippen molar-refractivity contribution in [1.82, 2.24) is 4.72 Å². The lowest BCUT2D eigenvalue weighted by Crippen LogP contribution is -2.36. The van der Waals surface area contributed by atoms with E-state index in [0.717, 1.165) is 23.3 Å². The van der Waals surface area contributed by atoms with E-state index in [1.54, 1.807) is 11.9 Å². The zero-order valence-electron chi connectivity index (χ0n) is 8.59. The maximum absolute atomic E-state index is 6.31. The first-order valence-electron chi connectivity index (χ1n) is 5.23. The summed E-state index contributed by atoms with van der Waals surface area (Å²) < 4.78 is 3.34. The molecule has 1 N–H and O–H groups in total. The highest BCUT2D eigenvalue weighted by Crippen LogP contribution is 2.43. The Morgan fingerprint density at radius 3 is 3.00 bits per heavy atom.